The summed E-state index contributed by atoms with van der Waals surface area (Å²) in [5.41, 5.74) is 1.33. The first-order chi connectivity index (χ1) is 10.6. The maximum atomic E-state index is 12.2. The van der Waals surface area contributed by atoms with Crippen LogP contribution in [-0.4, -0.2) is 37.2 Å². The van der Waals surface area contributed by atoms with Gasteiger partial charge in [-0.25, -0.2) is 0 Å². The Balaban J connectivity index is 1.82. The number of carbonyl (C=O) groups is 2. The summed E-state index contributed by atoms with van der Waals surface area (Å²) in [6.45, 7) is 4.84. The Morgan fingerprint density at radius 3 is 2.95 bits per heavy atom. The monoisotopic (exact) mass is 304 g/mol. The zero-order chi connectivity index (χ0) is 15.7. The molecule has 1 aromatic rings. The van der Waals surface area contributed by atoms with Crippen molar-refractivity contribution < 1.29 is 19.1 Å². The van der Waals surface area contributed by atoms with Gasteiger partial charge in [0.1, 0.15) is 11.9 Å². The van der Waals surface area contributed by atoms with Gasteiger partial charge in [-0.2, -0.15) is 0 Å². The van der Waals surface area contributed by atoms with Crippen LogP contribution in [0.25, 0.3) is 0 Å². The van der Waals surface area contributed by atoms with Gasteiger partial charge in [-0.3, -0.25) is 9.59 Å². The molecule has 1 fully saturated rings. The van der Waals surface area contributed by atoms with Crippen molar-refractivity contribution in [2.24, 2.45) is 0 Å². The van der Waals surface area contributed by atoms with Crippen molar-refractivity contribution in [2.75, 3.05) is 23.4 Å². The number of nitrogens with one attached hydrogen (secondary N) is 1. The summed E-state index contributed by atoms with van der Waals surface area (Å²) in [5.74, 6) is 0.443. The van der Waals surface area contributed by atoms with Gasteiger partial charge in [0.25, 0.3) is 11.8 Å². The number of amides is 2. The molecule has 2 unspecified atom stereocenters. The maximum absolute atomic E-state index is 12.2. The van der Waals surface area contributed by atoms with E-state index in [1.54, 1.807) is 30.0 Å². The van der Waals surface area contributed by atoms with Crippen LogP contribution in [-0.2, 0) is 14.3 Å². The van der Waals surface area contributed by atoms with Gasteiger partial charge in [0.15, 0.2) is 6.10 Å². The average Bonchev–Trinajstić information content (AvgIpc) is 3.03. The Kier molecular flexibility index (Phi) is 4.02. The van der Waals surface area contributed by atoms with E-state index >= 15 is 0 Å². The SMILES string of the molecule is CCN1C(=O)C(C)Oc2ccc(NC(=O)C3CCCO3)cc21. The number of carbonyl (C=O) groups excluding carboxylic acids is 2. The first-order valence-corrected chi connectivity index (χ1v) is 7.64. The Hall–Kier alpha value is -2.08. The van der Waals surface area contributed by atoms with Gasteiger partial charge in [-0.05, 0) is 44.9 Å². The molecule has 6 heteroatoms. The minimum atomic E-state index is -0.486. The van der Waals surface area contributed by atoms with E-state index in [0.717, 1.165) is 12.8 Å². The molecular formula is C16H20N2O4. The first kappa shape index (κ1) is 14.8. The van der Waals surface area contributed by atoms with Crippen LogP contribution in [0.4, 0.5) is 11.4 Å². The summed E-state index contributed by atoms with van der Waals surface area (Å²) >= 11 is 0. The van der Waals surface area contributed by atoms with Crippen molar-refractivity contribution in [1.82, 2.24) is 0 Å². The first-order valence-electron chi connectivity index (χ1n) is 7.64. The molecule has 2 atom stereocenters. The highest BCUT2D eigenvalue weighted by Crippen LogP contribution is 2.36. The second-order valence-electron chi connectivity index (χ2n) is 5.52. The van der Waals surface area contributed by atoms with E-state index < -0.39 is 6.10 Å². The van der Waals surface area contributed by atoms with E-state index in [0.29, 0.717) is 30.3 Å². The summed E-state index contributed by atoms with van der Waals surface area (Å²) in [5, 5.41) is 2.85. The van der Waals surface area contributed by atoms with E-state index in [-0.39, 0.29) is 17.9 Å². The second kappa shape index (κ2) is 5.96. The minimum Gasteiger partial charge on any atom is -0.479 e. The predicted molar refractivity (Wildman–Crippen MR) is 82.2 cm³/mol. The van der Waals surface area contributed by atoms with Crippen molar-refractivity contribution in [2.45, 2.75) is 38.9 Å². The van der Waals surface area contributed by atoms with Gasteiger partial charge in [0.2, 0.25) is 0 Å². The van der Waals surface area contributed by atoms with Crippen molar-refractivity contribution in [3.8, 4) is 5.75 Å². The molecule has 0 bridgehead atoms. The lowest BCUT2D eigenvalue weighted by Gasteiger charge is -2.32. The Morgan fingerprint density at radius 1 is 1.45 bits per heavy atom. The van der Waals surface area contributed by atoms with Crippen LogP contribution < -0.4 is 15.0 Å². The van der Waals surface area contributed by atoms with Crippen molar-refractivity contribution in [3.05, 3.63) is 18.2 Å². The van der Waals surface area contributed by atoms with Gasteiger partial charge in [0.05, 0.1) is 5.69 Å². The van der Waals surface area contributed by atoms with Crippen LogP contribution in [0.1, 0.15) is 26.7 Å². The predicted octanol–water partition coefficient (Wildman–Crippen LogP) is 1.94. The second-order valence-corrected chi connectivity index (χ2v) is 5.52. The van der Waals surface area contributed by atoms with E-state index in [4.69, 9.17) is 9.47 Å². The molecule has 118 valence electrons. The zero-order valence-electron chi connectivity index (χ0n) is 12.8. The third-order valence-corrected chi connectivity index (χ3v) is 3.97. The lowest BCUT2D eigenvalue weighted by molar-refractivity contribution is -0.125. The molecule has 0 aliphatic carbocycles. The smallest absolute Gasteiger partial charge is 0.267 e. The van der Waals surface area contributed by atoms with Crippen LogP contribution >= 0.6 is 0 Å². The van der Waals surface area contributed by atoms with E-state index in [2.05, 4.69) is 5.32 Å². The van der Waals surface area contributed by atoms with Gasteiger partial charge >= 0.3 is 0 Å². The van der Waals surface area contributed by atoms with Crippen molar-refractivity contribution in [1.29, 1.82) is 0 Å². The largest absolute Gasteiger partial charge is 0.479 e. The number of ether oxygens (including phenoxy) is 2. The topological polar surface area (TPSA) is 67.9 Å². The molecule has 0 aromatic heterocycles. The summed E-state index contributed by atoms with van der Waals surface area (Å²) in [6.07, 6.45) is 0.791. The summed E-state index contributed by atoms with van der Waals surface area (Å²) in [4.78, 5) is 25.9. The standard InChI is InChI=1S/C16H20N2O4/c1-3-18-12-9-11(17-15(19)14-5-4-8-21-14)6-7-13(12)22-10(2)16(18)20/h6-7,9-10,14H,3-5,8H2,1-2H3,(H,17,19). The fraction of sp³-hybridized carbons (Fsp3) is 0.500. The molecule has 2 heterocycles. The quantitative estimate of drug-likeness (QED) is 0.926. The van der Waals surface area contributed by atoms with Gasteiger partial charge in [-0.15, -0.1) is 0 Å². The molecule has 0 saturated carbocycles. The molecule has 2 aliphatic rings. The number of likely N-dealkylation sites (N-methyl/N-ethyl adjacent to an activating group) is 1. The lowest BCUT2D eigenvalue weighted by atomic mass is 10.1. The number of anilines is 2. The third kappa shape index (κ3) is 2.66. The van der Waals surface area contributed by atoms with Crippen LogP contribution in [0.2, 0.25) is 0 Å². The molecule has 22 heavy (non-hydrogen) atoms. The summed E-state index contributed by atoms with van der Waals surface area (Å²) in [7, 11) is 0. The zero-order valence-corrected chi connectivity index (χ0v) is 12.8. The van der Waals surface area contributed by atoms with E-state index in [1.807, 2.05) is 6.92 Å². The molecule has 3 rings (SSSR count). The Morgan fingerprint density at radius 2 is 2.27 bits per heavy atom. The molecule has 0 radical (unpaired) electrons. The van der Waals surface area contributed by atoms with E-state index in [1.165, 1.54) is 0 Å². The van der Waals surface area contributed by atoms with Crippen LogP contribution in [0.3, 0.4) is 0 Å². The van der Waals surface area contributed by atoms with Gasteiger partial charge < -0.3 is 19.7 Å². The Bertz CT molecular complexity index is 596. The lowest BCUT2D eigenvalue weighted by Crippen LogP contribution is -2.44. The highest BCUT2D eigenvalue weighted by Gasteiger charge is 2.31. The van der Waals surface area contributed by atoms with Crippen LogP contribution in [0.5, 0.6) is 5.75 Å². The molecule has 2 aliphatic heterocycles. The van der Waals surface area contributed by atoms with Crippen LogP contribution in [0, 0.1) is 0 Å². The molecule has 1 N–H and O–H groups in total. The van der Waals surface area contributed by atoms with Crippen molar-refractivity contribution >= 4 is 23.2 Å². The maximum Gasteiger partial charge on any atom is 0.267 e. The summed E-state index contributed by atoms with van der Waals surface area (Å²) in [6, 6.07) is 5.34. The van der Waals surface area contributed by atoms with Crippen LogP contribution in [0.15, 0.2) is 18.2 Å². The number of hydrogen-bond acceptors (Lipinski definition) is 4. The molecule has 1 aromatic carbocycles. The molecular weight excluding hydrogens is 284 g/mol. The molecule has 2 amide bonds. The number of fused-ring (bicyclic) bond motifs is 1. The van der Waals surface area contributed by atoms with Gasteiger partial charge in [-0.1, -0.05) is 0 Å². The van der Waals surface area contributed by atoms with E-state index in [9.17, 15) is 9.59 Å². The summed E-state index contributed by atoms with van der Waals surface area (Å²) < 4.78 is 11.0. The Labute approximate surface area is 129 Å². The fourth-order valence-corrected chi connectivity index (χ4v) is 2.82. The van der Waals surface area contributed by atoms with Gasteiger partial charge in [0, 0.05) is 18.8 Å². The fourth-order valence-electron chi connectivity index (χ4n) is 2.82. The molecule has 0 spiro atoms. The normalized spacial score (nSPS) is 23.9. The highest BCUT2D eigenvalue weighted by atomic mass is 16.5. The number of rotatable bonds is 3. The number of nitrogens with zero attached hydrogens (tertiary/aromatic N) is 1. The minimum absolute atomic E-state index is 0.0717. The average molecular weight is 304 g/mol. The number of benzene rings is 1. The van der Waals surface area contributed by atoms with Crippen molar-refractivity contribution in [3.63, 3.8) is 0 Å². The highest BCUT2D eigenvalue weighted by molar-refractivity contribution is 6.01. The molecule has 1 saturated heterocycles. The third-order valence-electron chi connectivity index (χ3n) is 3.97. The molecule has 6 nitrogen and oxygen atoms in total. The number of hydrogen-bond donors (Lipinski definition) is 1.